The van der Waals surface area contributed by atoms with E-state index in [-0.39, 0.29) is 5.91 Å². The van der Waals surface area contributed by atoms with Gasteiger partial charge in [0.15, 0.2) is 0 Å². The Balaban J connectivity index is 1.66. The number of fused-ring (bicyclic) bond motifs is 1. The highest BCUT2D eigenvalue weighted by molar-refractivity contribution is 9.10. The van der Waals surface area contributed by atoms with E-state index in [1.54, 1.807) is 0 Å². The monoisotopic (exact) mass is 512 g/mol. The van der Waals surface area contributed by atoms with Gasteiger partial charge in [0.05, 0.1) is 13.2 Å². The molecular formula is C27H33BrN2O3. The summed E-state index contributed by atoms with van der Waals surface area (Å²) < 4.78 is 12.8. The number of nitrogens with one attached hydrogen (secondary N) is 1. The summed E-state index contributed by atoms with van der Waals surface area (Å²) >= 11 is 3.53. The molecule has 0 bridgehead atoms. The summed E-state index contributed by atoms with van der Waals surface area (Å²) in [6.45, 7) is 13.8. The highest BCUT2D eigenvalue weighted by Crippen LogP contribution is 2.39. The topological polar surface area (TPSA) is 50.8 Å². The minimum atomic E-state index is -0.0638. The van der Waals surface area contributed by atoms with Gasteiger partial charge >= 0.3 is 0 Å². The van der Waals surface area contributed by atoms with Gasteiger partial charge in [-0.15, -0.1) is 0 Å². The van der Waals surface area contributed by atoms with Crippen LogP contribution in [0.2, 0.25) is 0 Å². The summed E-state index contributed by atoms with van der Waals surface area (Å²) in [6, 6.07) is 10.2. The van der Waals surface area contributed by atoms with Gasteiger partial charge in [0.1, 0.15) is 12.4 Å². The molecule has 176 valence electrons. The Morgan fingerprint density at radius 1 is 1.09 bits per heavy atom. The predicted molar refractivity (Wildman–Crippen MR) is 138 cm³/mol. The van der Waals surface area contributed by atoms with Gasteiger partial charge in [-0.3, -0.25) is 9.69 Å². The lowest BCUT2D eigenvalue weighted by Crippen LogP contribution is -2.38. The second-order valence-corrected chi connectivity index (χ2v) is 10.3. The fraction of sp³-hybridized carbons (Fsp3) is 0.444. The molecular weight excluding hydrogens is 480 g/mol. The van der Waals surface area contributed by atoms with Gasteiger partial charge in [-0.25, -0.2) is 0 Å². The number of anilines is 1. The zero-order chi connectivity index (χ0) is 23.5. The van der Waals surface area contributed by atoms with Crippen LogP contribution >= 0.6 is 15.9 Å². The van der Waals surface area contributed by atoms with Gasteiger partial charge in [0, 0.05) is 40.9 Å². The van der Waals surface area contributed by atoms with Crippen molar-refractivity contribution in [2.45, 2.75) is 39.5 Å². The van der Waals surface area contributed by atoms with Crippen molar-refractivity contribution >= 4 is 39.2 Å². The Kier molecular flexibility index (Phi) is 7.57. The van der Waals surface area contributed by atoms with Crippen LogP contribution in [0.15, 0.2) is 34.8 Å². The first-order valence-corrected chi connectivity index (χ1v) is 12.6. The van der Waals surface area contributed by atoms with E-state index < -0.39 is 0 Å². The van der Waals surface area contributed by atoms with Gasteiger partial charge in [0.25, 0.3) is 5.91 Å². The molecule has 0 radical (unpaired) electrons. The molecule has 0 saturated carbocycles. The summed E-state index contributed by atoms with van der Waals surface area (Å²) in [7, 11) is 0. The lowest BCUT2D eigenvalue weighted by atomic mass is 9.90. The molecule has 1 saturated heterocycles. The van der Waals surface area contributed by atoms with Crippen molar-refractivity contribution in [1.29, 1.82) is 0 Å². The molecule has 2 aliphatic rings. The van der Waals surface area contributed by atoms with Crippen LogP contribution in [0.25, 0.3) is 11.6 Å². The molecule has 0 unspecified atom stereocenters. The summed E-state index contributed by atoms with van der Waals surface area (Å²) in [5.74, 6) is 1.54. The molecule has 1 N–H and O–H groups in total. The van der Waals surface area contributed by atoms with E-state index in [0.717, 1.165) is 59.9 Å². The van der Waals surface area contributed by atoms with Crippen LogP contribution in [0.1, 0.15) is 61.8 Å². The number of ether oxygens (including phenoxy) is 2. The fourth-order valence-electron chi connectivity index (χ4n) is 4.38. The maximum atomic E-state index is 12.7. The minimum absolute atomic E-state index is 0.0638. The molecule has 1 fully saturated rings. The van der Waals surface area contributed by atoms with Gasteiger partial charge in [-0.2, -0.15) is 0 Å². The molecule has 2 aromatic rings. The van der Waals surface area contributed by atoms with Crippen molar-refractivity contribution < 1.29 is 14.3 Å². The first kappa shape index (κ1) is 24.0. The fourth-order valence-corrected chi connectivity index (χ4v) is 4.74. The number of benzene rings is 2. The average molecular weight is 513 g/mol. The zero-order valence-electron chi connectivity index (χ0n) is 19.9. The van der Waals surface area contributed by atoms with Crippen molar-refractivity contribution in [3.05, 3.63) is 57.1 Å². The van der Waals surface area contributed by atoms with E-state index in [1.165, 1.54) is 11.1 Å². The second kappa shape index (κ2) is 10.4. The largest absolute Gasteiger partial charge is 0.492 e. The normalized spacial score (nSPS) is 17.7. The van der Waals surface area contributed by atoms with Crippen molar-refractivity contribution in [2.75, 3.05) is 44.8 Å². The number of halogens is 1. The van der Waals surface area contributed by atoms with Crippen LogP contribution in [0.3, 0.4) is 0 Å². The van der Waals surface area contributed by atoms with Crippen LogP contribution in [-0.2, 0) is 9.53 Å². The van der Waals surface area contributed by atoms with Crippen LogP contribution < -0.4 is 10.1 Å². The number of hydrogen-bond donors (Lipinski definition) is 1. The Labute approximate surface area is 205 Å². The minimum Gasteiger partial charge on any atom is -0.492 e. The number of hydrogen-bond acceptors (Lipinski definition) is 4. The third kappa shape index (κ3) is 5.51. The average Bonchev–Trinajstić information content (AvgIpc) is 3.09. The zero-order valence-corrected chi connectivity index (χ0v) is 21.5. The van der Waals surface area contributed by atoms with E-state index in [0.29, 0.717) is 24.0 Å². The maximum Gasteiger partial charge on any atom is 0.256 e. The summed E-state index contributed by atoms with van der Waals surface area (Å²) in [5.41, 5.74) is 5.87. The van der Waals surface area contributed by atoms with E-state index in [9.17, 15) is 4.79 Å². The number of nitrogens with zero attached hydrogens (tertiary/aromatic N) is 1. The molecule has 5 nitrogen and oxygen atoms in total. The quantitative estimate of drug-likeness (QED) is 0.469. The van der Waals surface area contributed by atoms with Crippen molar-refractivity contribution in [3.63, 3.8) is 0 Å². The molecule has 0 atom stereocenters. The van der Waals surface area contributed by atoms with Crippen molar-refractivity contribution in [1.82, 2.24) is 4.90 Å². The number of rotatable bonds is 7. The van der Waals surface area contributed by atoms with Crippen LogP contribution in [0, 0.1) is 0 Å². The smallest absolute Gasteiger partial charge is 0.256 e. The molecule has 33 heavy (non-hydrogen) atoms. The molecule has 2 aromatic carbocycles. The highest BCUT2D eigenvalue weighted by Gasteiger charge is 2.25. The van der Waals surface area contributed by atoms with Gasteiger partial charge in [-0.1, -0.05) is 43.6 Å². The summed E-state index contributed by atoms with van der Waals surface area (Å²) in [6.07, 6.45) is 2.00. The lowest BCUT2D eigenvalue weighted by molar-refractivity contribution is -0.110. The molecule has 6 heteroatoms. The Morgan fingerprint density at radius 3 is 2.39 bits per heavy atom. The molecule has 2 aliphatic heterocycles. The second-order valence-electron chi connectivity index (χ2n) is 9.34. The van der Waals surface area contributed by atoms with E-state index in [1.807, 2.05) is 24.3 Å². The third-order valence-corrected chi connectivity index (χ3v) is 6.74. The molecule has 0 aromatic heterocycles. The van der Waals surface area contributed by atoms with Crippen LogP contribution in [0.5, 0.6) is 5.75 Å². The van der Waals surface area contributed by atoms with Crippen LogP contribution in [-0.4, -0.2) is 50.3 Å². The summed E-state index contributed by atoms with van der Waals surface area (Å²) in [5, 5.41) is 2.97. The highest BCUT2D eigenvalue weighted by atomic mass is 79.9. The Morgan fingerprint density at radius 2 is 1.76 bits per heavy atom. The SMILES string of the molecule is CC(C)c1cc(C=C2C(=O)Nc3ccc(Br)cc32)cc(C(C)C)c1OCCN1CCOCC1. The summed E-state index contributed by atoms with van der Waals surface area (Å²) in [4.78, 5) is 15.1. The third-order valence-electron chi connectivity index (χ3n) is 6.25. The number of carbonyl (C=O) groups is 1. The van der Waals surface area contributed by atoms with E-state index in [2.05, 4.69) is 66.0 Å². The number of carbonyl (C=O) groups excluding carboxylic acids is 1. The van der Waals surface area contributed by atoms with Gasteiger partial charge in [0.2, 0.25) is 0 Å². The molecule has 2 heterocycles. The van der Waals surface area contributed by atoms with Gasteiger partial charge < -0.3 is 14.8 Å². The van der Waals surface area contributed by atoms with E-state index in [4.69, 9.17) is 9.47 Å². The maximum absolute atomic E-state index is 12.7. The number of morpholine rings is 1. The predicted octanol–water partition coefficient (Wildman–Crippen LogP) is 5.90. The van der Waals surface area contributed by atoms with Crippen LogP contribution in [0.4, 0.5) is 5.69 Å². The molecule has 1 amide bonds. The van der Waals surface area contributed by atoms with Gasteiger partial charge in [-0.05, 0) is 64.9 Å². The van der Waals surface area contributed by atoms with Crippen molar-refractivity contribution in [2.24, 2.45) is 0 Å². The Hall–Kier alpha value is -2.15. The molecule has 4 rings (SSSR count). The lowest BCUT2D eigenvalue weighted by Gasteiger charge is -2.27. The number of amides is 1. The van der Waals surface area contributed by atoms with E-state index >= 15 is 0 Å². The van der Waals surface area contributed by atoms with Crippen molar-refractivity contribution in [3.8, 4) is 5.75 Å². The first-order valence-electron chi connectivity index (χ1n) is 11.8. The Bertz CT molecular complexity index is 1030. The first-order chi connectivity index (χ1) is 15.8. The molecule has 0 aliphatic carbocycles. The standard InChI is InChI=1S/C27H33BrN2O3/c1-17(2)21-13-19(15-24-23-16-20(28)5-6-25(23)29-27(24)31)14-22(18(3)4)26(21)33-12-9-30-7-10-32-11-8-30/h5-6,13-18H,7-12H2,1-4H3,(H,29,31). The molecule has 0 spiro atoms.